The van der Waals surface area contributed by atoms with Gasteiger partial charge in [0, 0.05) is 31.7 Å². The van der Waals surface area contributed by atoms with Crippen LogP contribution in [0.4, 0.5) is 15.8 Å². The van der Waals surface area contributed by atoms with E-state index >= 15 is 0 Å². The van der Waals surface area contributed by atoms with Crippen LogP contribution in [0.25, 0.3) is 0 Å². The molecule has 0 aliphatic carbocycles. The molecule has 1 N–H and O–H groups in total. The van der Waals surface area contributed by atoms with Crippen LogP contribution in [0.5, 0.6) is 0 Å². The summed E-state index contributed by atoms with van der Waals surface area (Å²) < 4.78 is 15.8. The average molecular weight is 305 g/mol. The minimum atomic E-state index is -0.354. The number of hydrogen-bond acceptors (Lipinski definition) is 4. The lowest BCUT2D eigenvalue weighted by Crippen LogP contribution is -2.26. The molecule has 22 heavy (non-hydrogen) atoms. The highest BCUT2D eigenvalue weighted by Gasteiger charge is 2.12. The summed E-state index contributed by atoms with van der Waals surface area (Å²) >= 11 is 0. The summed E-state index contributed by atoms with van der Waals surface area (Å²) in [5, 5.41) is 10.0. The third kappa shape index (κ3) is 4.03. The first kappa shape index (κ1) is 15.9. The average Bonchev–Trinajstić information content (AvgIpc) is 2.98. The van der Waals surface area contributed by atoms with E-state index in [1.54, 1.807) is 29.4 Å². The third-order valence-corrected chi connectivity index (χ3v) is 3.45. The molecule has 2 rings (SSSR count). The molecule has 1 aromatic carbocycles. The number of hydrogen-bond donors (Lipinski definition) is 1. The summed E-state index contributed by atoms with van der Waals surface area (Å²) in [5.41, 5.74) is 0.963. The summed E-state index contributed by atoms with van der Waals surface area (Å²) in [6.07, 6.45) is 3.36. The first-order valence-corrected chi connectivity index (χ1v) is 7.12. The van der Waals surface area contributed by atoms with Gasteiger partial charge in [-0.05, 0) is 32.0 Å². The quantitative estimate of drug-likeness (QED) is 0.889. The number of halogens is 1. The normalized spacial score (nSPS) is 10.8. The predicted molar refractivity (Wildman–Crippen MR) is 83.2 cm³/mol. The van der Waals surface area contributed by atoms with Crippen LogP contribution >= 0.6 is 0 Å². The molecule has 6 nitrogen and oxygen atoms in total. The van der Waals surface area contributed by atoms with Crippen molar-refractivity contribution >= 4 is 17.3 Å². The summed E-state index contributed by atoms with van der Waals surface area (Å²) in [6.45, 7) is 4.45. The fourth-order valence-corrected chi connectivity index (χ4v) is 1.94. The van der Waals surface area contributed by atoms with E-state index in [9.17, 15) is 9.18 Å². The lowest BCUT2D eigenvalue weighted by atomic mass is 10.2. The molecule has 1 amide bonds. The number of rotatable bonds is 6. The van der Waals surface area contributed by atoms with E-state index in [-0.39, 0.29) is 24.2 Å². The van der Waals surface area contributed by atoms with Crippen molar-refractivity contribution in [3.63, 3.8) is 0 Å². The molecule has 7 heteroatoms. The van der Waals surface area contributed by atoms with Gasteiger partial charge in [0.2, 0.25) is 5.91 Å². The van der Waals surface area contributed by atoms with Gasteiger partial charge in [-0.25, -0.2) is 4.39 Å². The van der Waals surface area contributed by atoms with Gasteiger partial charge in [-0.3, -0.25) is 4.79 Å². The van der Waals surface area contributed by atoms with Crippen LogP contribution in [0, 0.1) is 5.82 Å². The minimum absolute atomic E-state index is 0.182. The van der Waals surface area contributed by atoms with Crippen LogP contribution in [-0.4, -0.2) is 33.8 Å². The molecule has 2 aromatic rings. The summed E-state index contributed by atoms with van der Waals surface area (Å²) in [7, 11) is 1.83. The van der Waals surface area contributed by atoms with E-state index in [2.05, 4.69) is 15.5 Å². The molecule has 0 fully saturated rings. The van der Waals surface area contributed by atoms with Gasteiger partial charge in [0.15, 0.2) is 0 Å². The SMILES string of the molecule is CC(C)N(C)c1ccc(NC(=O)CCn2cnnc2)cc1F. The number of carbonyl (C=O) groups is 1. The second-order valence-corrected chi connectivity index (χ2v) is 5.37. The van der Waals surface area contributed by atoms with Crippen LogP contribution in [0.3, 0.4) is 0 Å². The smallest absolute Gasteiger partial charge is 0.226 e. The Kier molecular flexibility index (Phi) is 5.08. The molecule has 0 atom stereocenters. The molecule has 0 bridgehead atoms. The molecule has 0 saturated heterocycles. The maximum absolute atomic E-state index is 14.1. The monoisotopic (exact) mass is 305 g/mol. The van der Waals surface area contributed by atoms with Crippen molar-refractivity contribution in [1.82, 2.24) is 14.8 Å². The lowest BCUT2D eigenvalue weighted by Gasteiger charge is -2.24. The van der Waals surface area contributed by atoms with Crippen molar-refractivity contribution < 1.29 is 9.18 Å². The number of aromatic nitrogens is 3. The van der Waals surface area contributed by atoms with Gasteiger partial charge in [0.05, 0.1) is 5.69 Å². The maximum Gasteiger partial charge on any atom is 0.226 e. The van der Waals surface area contributed by atoms with E-state index in [0.717, 1.165) is 0 Å². The lowest BCUT2D eigenvalue weighted by molar-refractivity contribution is -0.116. The Balaban J connectivity index is 1.95. The highest BCUT2D eigenvalue weighted by atomic mass is 19.1. The van der Waals surface area contributed by atoms with Gasteiger partial charge < -0.3 is 14.8 Å². The first-order valence-electron chi connectivity index (χ1n) is 7.12. The molecule has 0 spiro atoms. The van der Waals surface area contributed by atoms with E-state index in [1.807, 2.05) is 25.8 Å². The third-order valence-electron chi connectivity index (χ3n) is 3.45. The van der Waals surface area contributed by atoms with Crippen molar-refractivity contribution in [1.29, 1.82) is 0 Å². The Morgan fingerprint density at radius 2 is 2.05 bits per heavy atom. The van der Waals surface area contributed by atoms with E-state index in [1.165, 1.54) is 6.07 Å². The second kappa shape index (κ2) is 7.02. The molecule has 0 saturated carbocycles. The zero-order valence-electron chi connectivity index (χ0n) is 13.0. The van der Waals surface area contributed by atoms with Gasteiger partial charge in [-0.1, -0.05) is 0 Å². The Bertz CT molecular complexity index is 627. The fraction of sp³-hybridized carbons (Fsp3) is 0.400. The number of carbonyl (C=O) groups excluding carboxylic acids is 1. The van der Waals surface area contributed by atoms with Crippen molar-refractivity contribution in [3.8, 4) is 0 Å². The first-order chi connectivity index (χ1) is 10.5. The molecule has 0 radical (unpaired) electrons. The Labute approximate surface area is 129 Å². The Morgan fingerprint density at radius 1 is 1.36 bits per heavy atom. The van der Waals surface area contributed by atoms with E-state index in [4.69, 9.17) is 0 Å². The molecule has 0 aliphatic rings. The highest BCUT2D eigenvalue weighted by Crippen LogP contribution is 2.23. The Morgan fingerprint density at radius 3 is 2.64 bits per heavy atom. The topological polar surface area (TPSA) is 63.1 Å². The van der Waals surface area contributed by atoms with E-state index in [0.29, 0.717) is 17.9 Å². The maximum atomic E-state index is 14.1. The van der Waals surface area contributed by atoms with Gasteiger partial charge in [0.1, 0.15) is 18.5 Å². The molecule has 1 heterocycles. The number of amides is 1. The number of aryl methyl sites for hydroxylation is 1. The molecule has 1 aromatic heterocycles. The standard InChI is InChI=1S/C15H20FN5O/c1-11(2)20(3)14-5-4-12(8-13(14)16)19-15(22)6-7-21-9-17-18-10-21/h4-5,8-11H,6-7H2,1-3H3,(H,19,22). The second-order valence-electron chi connectivity index (χ2n) is 5.37. The fourth-order valence-electron chi connectivity index (χ4n) is 1.94. The highest BCUT2D eigenvalue weighted by molar-refractivity contribution is 5.90. The van der Waals surface area contributed by atoms with Gasteiger partial charge >= 0.3 is 0 Å². The Hall–Kier alpha value is -2.44. The van der Waals surface area contributed by atoms with Crippen molar-refractivity contribution in [2.75, 3.05) is 17.3 Å². The zero-order valence-corrected chi connectivity index (χ0v) is 13.0. The number of anilines is 2. The number of nitrogens with zero attached hydrogens (tertiary/aromatic N) is 4. The van der Waals surface area contributed by atoms with Crippen LogP contribution < -0.4 is 10.2 Å². The van der Waals surface area contributed by atoms with Crippen molar-refractivity contribution in [2.24, 2.45) is 0 Å². The van der Waals surface area contributed by atoms with Gasteiger partial charge in [-0.15, -0.1) is 10.2 Å². The molecule has 0 unspecified atom stereocenters. The van der Waals surface area contributed by atoms with Gasteiger partial charge in [0.25, 0.3) is 0 Å². The number of nitrogens with one attached hydrogen (secondary N) is 1. The zero-order chi connectivity index (χ0) is 16.1. The van der Waals surface area contributed by atoms with Crippen LogP contribution in [0.1, 0.15) is 20.3 Å². The minimum Gasteiger partial charge on any atom is -0.370 e. The summed E-state index contributed by atoms with van der Waals surface area (Å²) in [4.78, 5) is 13.7. The molecular formula is C15H20FN5O. The molecule has 118 valence electrons. The van der Waals surface area contributed by atoms with E-state index < -0.39 is 0 Å². The predicted octanol–water partition coefficient (Wildman–Crippen LogP) is 2.29. The van der Waals surface area contributed by atoms with Crippen molar-refractivity contribution in [2.45, 2.75) is 32.9 Å². The largest absolute Gasteiger partial charge is 0.370 e. The van der Waals surface area contributed by atoms with Crippen molar-refractivity contribution in [3.05, 3.63) is 36.7 Å². The molecular weight excluding hydrogens is 285 g/mol. The number of benzene rings is 1. The van der Waals surface area contributed by atoms with Gasteiger partial charge in [-0.2, -0.15) is 0 Å². The molecule has 0 aliphatic heterocycles. The summed E-state index contributed by atoms with van der Waals surface area (Å²) in [6, 6.07) is 4.91. The summed E-state index contributed by atoms with van der Waals surface area (Å²) in [5.74, 6) is -0.536. The van der Waals surface area contributed by atoms with Crippen LogP contribution in [-0.2, 0) is 11.3 Å². The van der Waals surface area contributed by atoms with Crippen LogP contribution in [0.2, 0.25) is 0 Å². The van der Waals surface area contributed by atoms with Crippen LogP contribution in [0.15, 0.2) is 30.9 Å².